The van der Waals surface area contributed by atoms with Gasteiger partial charge in [0, 0.05) is 43.0 Å². The van der Waals surface area contributed by atoms with Crippen LogP contribution in [0.2, 0.25) is 10.0 Å². The van der Waals surface area contributed by atoms with E-state index in [0.717, 1.165) is 32.4 Å². The molecule has 34 heavy (non-hydrogen) atoms. The van der Waals surface area contributed by atoms with Gasteiger partial charge in [0.05, 0.1) is 11.6 Å². The number of hydrogen-bond acceptors (Lipinski definition) is 4. The van der Waals surface area contributed by atoms with Crippen LogP contribution < -0.4 is 4.74 Å². The van der Waals surface area contributed by atoms with Gasteiger partial charge in [0.15, 0.2) is 0 Å². The van der Waals surface area contributed by atoms with Gasteiger partial charge in [-0.1, -0.05) is 41.4 Å². The third-order valence-corrected chi connectivity index (χ3v) is 9.22. The average molecular weight is 525 g/mol. The van der Waals surface area contributed by atoms with E-state index in [1.807, 2.05) is 35.2 Å². The lowest BCUT2D eigenvalue weighted by molar-refractivity contribution is -0.136. The quantitative estimate of drug-likeness (QED) is 0.496. The van der Waals surface area contributed by atoms with E-state index in [1.165, 1.54) is 22.5 Å². The van der Waals surface area contributed by atoms with Crippen molar-refractivity contribution in [2.45, 2.75) is 43.4 Å². The van der Waals surface area contributed by atoms with Crippen LogP contribution >= 0.6 is 23.2 Å². The Kier molecular flexibility index (Phi) is 8.08. The van der Waals surface area contributed by atoms with Gasteiger partial charge in [-0.15, -0.1) is 0 Å². The minimum Gasteiger partial charge on any atom is -0.493 e. The van der Waals surface area contributed by atoms with Crippen LogP contribution in [0.4, 0.5) is 0 Å². The number of para-hydroxylation sites is 1. The fourth-order valence-corrected chi connectivity index (χ4v) is 7.17. The van der Waals surface area contributed by atoms with Crippen LogP contribution in [0.25, 0.3) is 0 Å². The number of amides is 1. The van der Waals surface area contributed by atoms with Crippen molar-refractivity contribution in [1.82, 2.24) is 9.21 Å². The number of rotatable bonds is 7. The lowest BCUT2D eigenvalue weighted by Gasteiger charge is -2.42. The molecular weight excluding hydrogens is 495 g/mol. The first-order valence-electron chi connectivity index (χ1n) is 11.7. The van der Waals surface area contributed by atoms with E-state index in [9.17, 15) is 13.2 Å². The van der Waals surface area contributed by atoms with Gasteiger partial charge in [0.2, 0.25) is 15.9 Å². The van der Waals surface area contributed by atoms with Crippen molar-refractivity contribution in [3.8, 4) is 5.75 Å². The molecule has 2 heterocycles. The van der Waals surface area contributed by atoms with Crippen LogP contribution in [0.15, 0.2) is 53.4 Å². The SMILES string of the molecule is O=C(C[C@]1(COc2ccccc2)CCCN(S(=O)(=O)c2ccc(Cl)cc2Cl)C1)N1CCCCC1. The fourth-order valence-electron chi connectivity index (χ4n) is 4.83. The number of carbonyl (C=O) groups excluding carboxylic acids is 1. The molecule has 6 nitrogen and oxygen atoms in total. The minimum absolute atomic E-state index is 0.0284. The summed E-state index contributed by atoms with van der Waals surface area (Å²) in [6.45, 7) is 2.34. The lowest BCUT2D eigenvalue weighted by Crippen LogP contribution is -2.51. The Labute approximate surface area is 211 Å². The van der Waals surface area contributed by atoms with Crippen LogP contribution in [-0.2, 0) is 14.8 Å². The van der Waals surface area contributed by atoms with E-state index in [4.69, 9.17) is 27.9 Å². The Balaban J connectivity index is 1.59. The van der Waals surface area contributed by atoms with Gasteiger partial charge < -0.3 is 9.64 Å². The van der Waals surface area contributed by atoms with E-state index in [2.05, 4.69) is 0 Å². The van der Waals surface area contributed by atoms with E-state index in [1.54, 1.807) is 0 Å². The van der Waals surface area contributed by atoms with Crippen molar-refractivity contribution in [1.29, 1.82) is 0 Å². The molecule has 4 rings (SSSR count). The van der Waals surface area contributed by atoms with Gasteiger partial charge in [-0.25, -0.2) is 8.42 Å². The number of sulfonamides is 1. The van der Waals surface area contributed by atoms with Crippen molar-refractivity contribution in [2.75, 3.05) is 32.8 Å². The standard InChI is InChI=1S/C25H30Cl2N2O4S/c26-20-10-11-23(22(27)16-20)34(31,32)29-15-7-12-25(18-29,19-33-21-8-3-1-4-9-21)17-24(30)28-13-5-2-6-14-28/h1,3-4,8-11,16H,2,5-7,12-15,17-19H2/t25-/m1/s1. The van der Waals surface area contributed by atoms with Gasteiger partial charge in [0.25, 0.3) is 0 Å². The Hall–Kier alpha value is -1.80. The topological polar surface area (TPSA) is 66.9 Å². The Bertz CT molecular complexity index is 1110. The van der Waals surface area contributed by atoms with Crippen LogP contribution in [0.3, 0.4) is 0 Å². The van der Waals surface area contributed by atoms with E-state index < -0.39 is 15.4 Å². The average Bonchev–Trinajstić information content (AvgIpc) is 2.84. The number of carbonyl (C=O) groups is 1. The van der Waals surface area contributed by atoms with Crippen molar-refractivity contribution in [2.24, 2.45) is 5.41 Å². The molecule has 0 bridgehead atoms. The first kappa shape index (κ1) is 25.3. The number of ether oxygens (including phenoxy) is 1. The number of piperidine rings is 2. The Morgan fingerprint density at radius 1 is 0.971 bits per heavy atom. The molecule has 0 spiro atoms. The number of hydrogen-bond donors (Lipinski definition) is 0. The highest BCUT2D eigenvalue weighted by molar-refractivity contribution is 7.89. The molecule has 2 aromatic rings. The normalized spacial score (nSPS) is 21.9. The minimum atomic E-state index is -3.86. The maximum Gasteiger partial charge on any atom is 0.244 e. The van der Waals surface area contributed by atoms with Gasteiger partial charge >= 0.3 is 0 Å². The molecule has 0 unspecified atom stereocenters. The van der Waals surface area contributed by atoms with Crippen LogP contribution in [0, 0.1) is 5.41 Å². The van der Waals surface area contributed by atoms with Crippen molar-refractivity contribution >= 4 is 39.1 Å². The molecule has 2 fully saturated rings. The summed E-state index contributed by atoms with van der Waals surface area (Å²) in [6, 6.07) is 13.8. The molecule has 0 radical (unpaired) electrons. The van der Waals surface area contributed by atoms with E-state index in [0.29, 0.717) is 30.2 Å². The molecule has 184 valence electrons. The Morgan fingerprint density at radius 3 is 2.41 bits per heavy atom. The zero-order chi connectivity index (χ0) is 24.2. The van der Waals surface area contributed by atoms with Gasteiger partial charge in [-0.3, -0.25) is 4.79 Å². The zero-order valence-corrected chi connectivity index (χ0v) is 21.4. The van der Waals surface area contributed by atoms with Crippen LogP contribution in [-0.4, -0.2) is 56.3 Å². The van der Waals surface area contributed by atoms with Gasteiger partial charge in [-0.2, -0.15) is 4.31 Å². The summed E-state index contributed by atoms with van der Waals surface area (Å²) >= 11 is 12.2. The Morgan fingerprint density at radius 2 is 1.71 bits per heavy atom. The van der Waals surface area contributed by atoms with Gasteiger partial charge in [0.1, 0.15) is 10.6 Å². The second kappa shape index (κ2) is 10.9. The molecule has 2 aromatic carbocycles. The molecule has 2 aliphatic rings. The van der Waals surface area contributed by atoms with Crippen LogP contribution in [0.1, 0.15) is 38.5 Å². The molecule has 0 aromatic heterocycles. The summed E-state index contributed by atoms with van der Waals surface area (Å²) in [4.78, 5) is 15.2. The molecule has 1 amide bonds. The van der Waals surface area contributed by atoms with Gasteiger partial charge in [-0.05, 0) is 62.4 Å². The number of likely N-dealkylation sites (tertiary alicyclic amines) is 1. The zero-order valence-electron chi connectivity index (χ0n) is 19.1. The summed E-state index contributed by atoms with van der Waals surface area (Å²) in [5.74, 6) is 0.771. The first-order chi connectivity index (χ1) is 16.3. The van der Waals surface area contributed by atoms with Crippen molar-refractivity contribution in [3.05, 3.63) is 58.6 Å². The molecular formula is C25H30Cl2N2O4S. The number of nitrogens with zero attached hydrogens (tertiary/aromatic N) is 2. The monoisotopic (exact) mass is 524 g/mol. The third kappa shape index (κ3) is 5.88. The summed E-state index contributed by atoms with van der Waals surface area (Å²) in [7, 11) is -3.86. The predicted molar refractivity (Wildman–Crippen MR) is 134 cm³/mol. The molecule has 9 heteroatoms. The number of benzene rings is 2. The number of halogens is 2. The molecule has 0 N–H and O–H groups in total. The highest BCUT2D eigenvalue weighted by Gasteiger charge is 2.43. The summed E-state index contributed by atoms with van der Waals surface area (Å²) in [5, 5.41) is 0.467. The highest BCUT2D eigenvalue weighted by Crippen LogP contribution is 2.38. The summed E-state index contributed by atoms with van der Waals surface area (Å²) in [6.07, 6.45) is 4.75. The first-order valence-corrected chi connectivity index (χ1v) is 13.9. The third-order valence-electron chi connectivity index (χ3n) is 6.66. The molecule has 0 saturated carbocycles. The summed E-state index contributed by atoms with van der Waals surface area (Å²) < 4.78 is 34.6. The smallest absolute Gasteiger partial charge is 0.244 e. The van der Waals surface area contributed by atoms with Crippen LogP contribution in [0.5, 0.6) is 5.75 Å². The molecule has 1 atom stereocenters. The molecule has 2 saturated heterocycles. The maximum absolute atomic E-state index is 13.5. The van der Waals surface area contributed by atoms with Crippen molar-refractivity contribution in [3.63, 3.8) is 0 Å². The maximum atomic E-state index is 13.5. The second-order valence-corrected chi connectivity index (χ2v) is 12.0. The highest BCUT2D eigenvalue weighted by atomic mass is 35.5. The second-order valence-electron chi connectivity index (χ2n) is 9.24. The fraction of sp³-hybridized carbons (Fsp3) is 0.480. The van der Waals surface area contributed by atoms with E-state index in [-0.39, 0.29) is 35.4 Å². The largest absolute Gasteiger partial charge is 0.493 e. The predicted octanol–water partition coefficient (Wildman–Crippen LogP) is 5.25. The molecule has 0 aliphatic carbocycles. The van der Waals surface area contributed by atoms with E-state index >= 15 is 0 Å². The summed E-state index contributed by atoms with van der Waals surface area (Å²) in [5.41, 5.74) is -0.630. The molecule has 2 aliphatic heterocycles. The lowest BCUT2D eigenvalue weighted by atomic mass is 9.78. The van der Waals surface area contributed by atoms with Crippen molar-refractivity contribution < 1.29 is 17.9 Å².